The number of carbonyl (C=O) groups excluding carboxylic acids is 2. The van der Waals surface area contributed by atoms with Gasteiger partial charge in [0.05, 0.1) is 46.1 Å². The van der Waals surface area contributed by atoms with Crippen molar-refractivity contribution >= 4 is 46.6 Å². The third-order valence-corrected chi connectivity index (χ3v) is 8.23. The second kappa shape index (κ2) is 12.0. The van der Waals surface area contributed by atoms with Gasteiger partial charge in [0.15, 0.2) is 0 Å². The summed E-state index contributed by atoms with van der Waals surface area (Å²) < 4.78 is 3.58. The van der Waals surface area contributed by atoms with Crippen molar-refractivity contribution in [3.63, 3.8) is 0 Å². The molecular formula is C28H28Cl3N7O2. The summed E-state index contributed by atoms with van der Waals surface area (Å²) in [5, 5.41) is 14.2. The molecule has 0 radical (unpaired) electrons. The van der Waals surface area contributed by atoms with Gasteiger partial charge in [-0.1, -0.05) is 52.1 Å². The molecule has 4 aromatic rings. The zero-order chi connectivity index (χ0) is 28.4. The van der Waals surface area contributed by atoms with E-state index in [0.29, 0.717) is 45.8 Å². The van der Waals surface area contributed by atoms with Crippen LogP contribution >= 0.6 is 34.8 Å². The maximum absolute atomic E-state index is 13.3. The molecule has 1 fully saturated rings. The number of piperidine rings is 1. The number of likely N-dealkylation sites (tertiary alicyclic amines) is 1. The SMILES string of the molecule is CC(c1ccc(Cl)c(Cl)c1)N(C)C(=O)c1cccc(C(=O)N2CCC(n3cc(Cn4cc(Cl)cn4)nn3)CC2)c1. The Morgan fingerprint density at radius 1 is 1.02 bits per heavy atom. The van der Waals surface area contributed by atoms with Crippen molar-refractivity contribution < 1.29 is 9.59 Å². The molecule has 0 saturated carbocycles. The summed E-state index contributed by atoms with van der Waals surface area (Å²) >= 11 is 18.1. The fraction of sp³-hybridized carbons (Fsp3) is 0.321. The second-order valence-electron chi connectivity index (χ2n) is 9.92. The summed E-state index contributed by atoms with van der Waals surface area (Å²) in [5.41, 5.74) is 2.59. The topological polar surface area (TPSA) is 89.2 Å². The molecule has 2 aromatic heterocycles. The maximum Gasteiger partial charge on any atom is 0.254 e. The highest BCUT2D eigenvalue weighted by atomic mass is 35.5. The van der Waals surface area contributed by atoms with Crippen LogP contribution in [0.25, 0.3) is 0 Å². The van der Waals surface area contributed by atoms with Gasteiger partial charge in [0.25, 0.3) is 11.8 Å². The molecule has 1 atom stereocenters. The van der Waals surface area contributed by atoms with E-state index in [0.717, 1.165) is 24.1 Å². The van der Waals surface area contributed by atoms with E-state index in [1.807, 2.05) is 28.8 Å². The van der Waals surface area contributed by atoms with Crippen LogP contribution in [0, 0.1) is 0 Å². The van der Waals surface area contributed by atoms with Crippen molar-refractivity contribution in [1.29, 1.82) is 0 Å². The van der Waals surface area contributed by atoms with Gasteiger partial charge in [0, 0.05) is 37.5 Å². The van der Waals surface area contributed by atoms with E-state index in [1.165, 1.54) is 0 Å². The quantitative estimate of drug-likeness (QED) is 0.268. The van der Waals surface area contributed by atoms with Gasteiger partial charge in [-0.05, 0) is 55.7 Å². The molecule has 0 bridgehead atoms. The highest BCUT2D eigenvalue weighted by Gasteiger charge is 2.27. The molecule has 1 unspecified atom stereocenters. The normalized spacial score (nSPS) is 14.8. The van der Waals surface area contributed by atoms with E-state index in [2.05, 4.69) is 15.4 Å². The van der Waals surface area contributed by atoms with Crippen LogP contribution in [0.4, 0.5) is 0 Å². The Bertz CT molecular complexity index is 1530. The lowest BCUT2D eigenvalue weighted by atomic mass is 10.0. The molecule has 0 N–H and O–H groups in total. The summed E-state index contributed by atoms with van der Waals surface area (Å²) in [5.74, 6) is -0.283. The number of carbonyl (C=O) groups is 2. The van der Waals surface area contributed by atoms with Gasteiger partial charge < -0.3 is 9.80 Å². The third kappa shape index (κ3) is 6.16. The van der Waals surface area contributed by atoms with Crippen LogP contribution in [0.3, 0.4) is 0 Å². The largest absolute Gasteiger partial charge is 0.338 e. The first-order chi connectivity index (χ1) is 19.2. The fourth-order valence-corrected chi connectivity index (χ4v) is 5.29. The van der Waals surface area contributed by atoms with Crippen molar-refractivity contribution in [2.24, 2.45) is 0 Å². The lowest BCUT2D eigenvalue weighted by molar-refractivity contribution is 0.0689. The first-order valence-corrected chi connectivity index (χ1v) is 14.0. The predicted molar refractivity (Wildman–Crippen MR) is 154 cm³/mol. The predicted octanol–water partition coefficient (Wildman–Crippen LogP) is 5.79. The Kier molecular flexibility index (Phi) is 8.44. The minimum atomic E-state index is -0.240. The van der Waals surface area contributed by atoms with Crippen molar-refractivity contribution in [2.75, 3.05) is 20.1 Å². The number of hydrogen-bond donors (Lipinski definition) is 0. The molecule has 3 heterocycles. The minimum Gasteiger partial charge on any atom is -0.338 e. The molecule has 1 aliphatic heterocycles. The molecule has 2 aromatic carbocycles. The number of hydrogen-bond acceptors (Lipinski definition) is 5. The molecule has 9 nitrogen and oxygen atoms in total. The third-order valence-electron chi connectivity index (χ3n) is 7.29. The van der Waals surface area contributed by atoms with Crippen LogP contribution in [-0.2, 0) is 6.54 Å². The second-order valence-corrected chi connectivity index (χ2v) is 11.2. The lowest BCUT2D eigenvalue weighted by Crippen LogP contribution is -2.39. The molecule has 208 valence electrons. The molecule has 12 heteroatoms. The van der Waals surface area contributed by atoms with Gasteiger partial charge >= 0.3 is 0 Å². The smallest absolute Gasteiger partial charge is 0.254 e. The highest BCUT2D eigenvalue weighted by molar-refractivity contribution is 6.42. The molecule has 0 spiro atoms. The van der Waals surface area contributed by atoms with Crippen LogP contribution < -0.4 is 0 Å². The molecule has 40 heavy (non-hydrogen) atoms. The summed E-state index contributed by atoms with van der Waals surface area (Å²) in [6, 6.07) is 12.1. The van der Waals surface area contributed by atoms with Gasteiger partial charge in [-0.15, -0.1) is 5.10 Å². The van der Waals surface area contributed by atoms with Gasteiger partial charge in [-0.3, -0.25) is 14.3 Å². The Hall–Kier alpha value is -3.40. The number of rotatable bonds is 7. The Morgan fingerprint density at radius 2 is 1.77 bits per heavy atom. The van der Waals surface area contributed by atoms with Crippen molar-refractivity contribution in [1.82, 2.24) is 34.6 Å². The van der Waals surface area contributed by atoms with Crippen molar-refractivity contribution in [2.45, 2.75) is 38.4 Å². The average molecular weight is 601 g/mol. The van der Waals surface area contributed by atoms with E-state index in [-0.39, 0.29) is 23.9 Å². The standard InChI is InChI=1S/C28H28Cl3N7O2/c1-18(19-6-7-25(30)26(31)13-19)35(2)27(39)20-4-3-5-21(12-20)28(40)36-10-8-24(9-11-36)38-17-23(33-34-38)16-37-15-22(29)14-32-37/h3-7,12-15,17-18,24H,8-11,16H2,1-2H3. The Balaban J connectivity index is 1.19. The monoisotopic (exact) mass is 599 g/mol. The molecular weight excluding hydrogens is 573 g/mol. The number of halogens is 3. The summed E-state index contributed by atoms with van der Waals surface area (Å²) in [6.45, 7) is 3.57. The van der Waals surface area contributed by atoms with Crippen LogP contribution in [-0.4, -0.2) is 66.5 Å². The molecule has 1 aliphatic rings. The fourth-order valence-electron chi connectivity index (χ4n) is 4.83. The van der Waals surface area contributed by atoms with Gasteiger partial charge in [-0.25, -0.2) is 4.68 Å². The summed E-state index contributed by atoms with van der Waals surface area (Å²) in [4.78, 5) is 30.1. The Labute approximate surface area is 247 Å². The van der Waals surface area contributed by atoms with Crippen LogP contribution in [0.15, 0.2) is 61.1 Å². The molecule has 2 amide bonds. The molecule has 1 saturated heterocycles. The van der Waals surface area contributed by atoms with Crippen LogP contribution in [0.1, 0.15) is 63.8 Å². The Morgan fingerprint density at radius 3 is 2.48 bits per heavy atom. The van der Waals surface area contributed by atoms with Gasteiger partial charge in [0.1, 0.15) is 5.69 Å². The van der Waals surface area contributed by atoms with Crippen molar-refractivity contribution in [3.05, 3.63) is 98.5 Å². The van der Waals surface area contributed by atoms with E-state index in [9.17, 15) is 9.59 Å². The summed E-state index contributed by atoms with van der Waals surface area (Å²) in [6.07, 6.45) is 6.75. The first kappa shape index (κ1) is 28.1. The molecule has 5 rings (SSSR count). The summed E-state index contributed by atoms with van der Waals surface area (Å²) in [7, 11) is 1.73. The lowest BCUT2D eigenvalue weighted by Gasteiger charge is -2.32. The zero-order valence-corrected chi connectivity index (χ0v) is 24.3. The van der Waals surface area contributed by atoms with E-state index >= 15 is 0 Å². The molecule has 0 aliphatic carbocycles. The van der Waals surface area contributed by atoms with Gasteiger partial charge in [-0.2, -0.15) is 5.10 Å². The highest BCUT2D eigenvalue weighted by Crippen LogP contribution is 2.29. The zero-order valence-electron chi connectivity index (χ0n) is 22.0. The minimum absolute atomic E-state index is 0.0943. The average Bonchev–Trinajstić information content (AvgIpc) is 3.61. The van der Waals surface area contributed by atoms with E-state index in [1.54, 1.807) is 65.4 Å². The van der Waals surface area contributed by atoms with Crippen LogP contribution in [0.2, 0.25) is 15.1 Å². The first-order valence-electron chi connectivity index (χ1n) is 12.9. The number of aromatic nitrogens is 5. The van der Waals surface area contributed by atoms with Crippen molar-refractivity contribution in [3.8, 4) is 0 Å². The van der Waals surface area contributed by atoms with Crippen LogP contribution in [0.5, 0.6) is 0 Å². The van der Waals surface area contributed by atoms with Gasteiger partial charge in [0.2, 0.25) is 0 Å². The number of nitrogens with zero attached hydrogens (tertiary/aromatic N) is 7. The number of benzene rings is 2. The van der Waals surface area contributed by atoms with E-state index < -0.39 is 0 Å². The van der Waals surface area contributed by atoms with E-state index in [4.69, 9.17) is 34.8 Å². The maximum atomic E-state index is 13.3. The number of amides is 2.